The minimum absolute atomic E-state index is 0.110. The molecule has 1 heterocycles. The number of rotatable bonds is 3. The number of nitrogens with zero attached hydrogens (tertiary/aromatic N) is 2. The lowest BCUT2D eigenvalue weighted by Gasteiger charge is -2.30. The van der Waals surface area contributed by atoms with Crippen LogP contribution in [0.2, 0.25) is 5.02 Å². The highest BCUT2D eigenvalue weighted by atomic mass is 35.5. The molecule has 1 aliphatic heterocycles. The summed E-state index contributed by atoms with van der Waals surface area (Å²) in [6.07, 6.45) is 0. The second-order valence-electron chi connectivity index (χ2n) is 3.97. The highest BCUT2D eigenvalue weighted by Crippen LogP contribution is 2.37. The normalized spacial score (nSPS) is 14.3. The largest absolute Gasteiger partial charge is 0.490 e. The van der Waals surface area contributed by atoms with E-state index >= 15 is 0 Å². The second-order valence-corrected chi connectivity index (χ2v) is 4.38. The van der Waals surface area contributed by atoms with E-state index in [0.29, 0.717) is 5.02 Å². The first-order valence-electron chi connectivity index (χ1n) is 6.61. The Morgan fingerprint density at radius 1 is 1.35 bits per heavy atom. The van der Waals surface area contributed by atoms with Gasteiger partial charge in [0.1, 0.15) is 0 Å². The monoisotopic (exact) mass is 301 g/mol. The van der Waals surface area contributed by atoms with E-state index in [-0.39, 0.29) is 11.4 Å². The molecule has 0 radical (unpaired) electrons. The van der Waals surface area contributed by atoms with Gasteiger partial charge < -0.3 is 15.0 Å². The van der Waals surface area contributed by atoms with E-state index in [4.69, 9.17) is 16.3 Å². The quantitative estimate of drug-likeness (QED) is 0.687. The lowest BCUT2D eigenvalue weighted by atomic mass is 10.2. The molecule has 1 aliphatic rings. The number of nitrogens with one attached hydrogen (secondary N) is 1. The van der Waals surface area contributed by atoms with Gasteiger partial charge >= 0.3 is 5.69 Å². The van der Waals surface area contributed by atoms with E-state index in [2.05, 4.69) is 10.2 Å². The van der Waals surface area contributed by atoms with E-state index < -0.39 is 4.92 Å². The van der Waals surface area contributed by atoms with Gasteiger partial charge in [0.05, 0.1) is 22.7 Å². The SMILES string of the molecule is CC.COc1cc(N2CCNCC2)c(Cl)cc1[N+](=O)[O-]. The Morgan fingerprint density at radius 3 is 2.45 bits per heavy atom. The van der Waals surface area contributed by atoms with Crippen LogP contribution < -0.4 is 15.0 Å². The molecular weight excluding hydrogens is 282 g/mol. The molecule has 0 unspecified atom stereocenters. The number of benzene rings is 1. The summed E-state index contributed by atoms with van der Waals surface area (Å²) < 4.78 is 5.05. The molecule has 112 valence electrons. The van der Waals surface area contributed by atoms with Gasteiger partial charge in [-0.2, -0.15) is 0 Å². The third kappa shape index (κ3) is 3.74. The Morgan fingerprint density at radius 2 is 1.95 bits per heavy atom. The van der Waals surface area contributed by atoms with Crippen LogP contribution in [0.25, 0.3) is 0 Å². The van der Waals surface area contributed by atoms with Gasteiger partial charge in [0, 0.05) is 38.3 Å². The molecule has 1 N–H and O–H groups in total. The Hall–Kier alpha value is -1.53. The Balaban J connectivity index is 0.000000956. The van der Waals surface area contributed by atoms with E-state index in [0.717, 1.165) is 31.9 Å². The highest BCUT2D eigenvalue weighted by molar-refractivity contribution is 6.33. The van der Waals surface area contributed by atoms with Crippen LogP contribution in [0.1, 0.15) is 13.8 Å². The molecule has 2 rings (SSSR count). The second kappa shape index (κ2) is 7.91. The topological polar surface area (TPSA) is 67.6 Å². The number of piperazine rings is 1. The molecule has 1 aromatic rings. The summed E-state index contributed by atoms with van der Waals surface area (Å²) >= 11 is 6.11. The maximum absolute atomic E-state index is 10.9. The molecule has 1 saturated heterocycles. The molecule has 0 aliphatic carbocycles. The van der Waals surface area contributed by atoms with Crippen LogP contribution in [-0.4, -0.2) is 38.2 Å². The fourth-order valence-electron chi connectivity index (χ4n) is 1.99. The number of hydrogen-bond acceptors (Lipinski definition) is 5. The molecular formula is C13H20ClN3O3. The van der Waals surface area contributed by atoms with Crippen molar-refractivity contribution in [2.75, 3.05) is 38.2 Å². The number of hydrogen-bond donors (Lipinski definition) is 1. The predicted octanol–water partition coefficient (Wildman–Crippen LogP) is 2.69. The summed E-state index contributed by atoms with van der Waals surface area (Å²) in [6, 6.07) is 2.98. The fraction of sp³-hybridized carbons (Fsp3) is 0.538. The van der Waals surface area contributed by atoms with E-state index in [1.807, 2.05) is 13.8 Å². The summed E-state index contributed by atoms with van der Waals surface area (Å²) in [7, 11) is 1.41. The number of anilines is 1. The van der Waals surface area contributed by atoms with Crippen molar-refractivity contribution in [3.05, 3.63) is 27.3 Å². The van der Waals surface area contributed by atoms with Gasteiger partial charge in [-0.05, 0) is 0 Å². The highest BCUT2D eigenvalue weighted by Gasteiger charge is 2.21. The van der Waals surface area contributed by atoms with Gasteiger partial charge in [0.25, 0.3) is 0 Å². The van der Waals surface area contributed by atoms with Crippen molar-refractivity contribution < 1.29 is 9.66 Å². The first-order valence-corrected chi connectivity index (χ1v) is 6.99. The molecule has 1 aromatic carbocycles. The maximum atomic E-state index is 10.9. The molecule has 0 spiro atoms. The van der Waals surface area contributed by atoms with Crippen LogP contribution in [0.5, 0.6) is 5.75 Å². The molecule has 0 atom stereocenters. The standard InChI is InChI=1S/C11H14ClN3O3.C2H6/c1-18-11-7-9(14-4-2-13-3-5-14)8(12)6-10(11)15(16)17;1-2/h6-7,13H,2-5H2,1H3;1-2H3. The van der Waals surface area contributed by atoms with E-state index in [1.165, 1.54) is 13.2 Å². The van der Waals surface area contributed by atoms with Gasteiger partial charge in [0.15, 0.2) is 5.75 Å². The predicted molar refractivity (Wildman–Crippen MR) is 81.1 cm³/mol. The molecule has 1 fully saturated rings. The van der Waals surface area contributed by atoms with Crippen LogP contribution in [0, 0.1) is 10.1 Å². The lowest BCUT2D eigenvalue weighted by Crippen LogP contribution is -2.43. The minimum Gasteiger partial charge on any atom is -0.490 e. The molecule has 0 saturated carbocycles. The Kier molecular flexibility index (Phi) is 6.54. The molecule has 6 nitrogen and oxygen atoms in total. The van der Waals surface area contributed by atoms with Crippen LogP contribution in [-0.2, 0) is 0 Å². The van der Waals surface area contributed by atoms with Gasteiger partial charge in [0.2, 0.25) is 0 Å². The summed E-state index contributed by atoms with van der Waals surface area (Å²) in [5.74, 6) is 0.234. The average molecular weight is 302 g/mol. The molecule has 20 heavy (non-hydrogen) atoms. The molecule has 0 bridgehead atoms. The van der Waals surface area contributed by atoms with Crippen molar-refractivity contribution in [1.29, 1.82) is 0 Å². The molecule has 7 heteroatoms. The summed E-state index contributed by atoms with van der Waals surface area (Å²) in [6.45, 7) is 7.38. The summed E-state index contributed by atoms with van der Waals surface area (Å²) in [5, 5.41) is 14.5. The van der Waals surface area contributed by atoms with Crippen molar-refractivity contribution in [3.8, 4) is 5.75 Å². The molecule has 0 aromatic heterocycles. The van der Waals surface area contributed by atoms with Crippen molar-refractivity contribution in [2.24, 2.45) is 0 Å². The first-order chi connectivity index (χ1) is 9.63. The first kappa shape index (κ1) is 16.5. The van der Waals surface area contributed by atoms with Crippen LogP contribution >= 0.6 is 11.6 Å². The van der Waals surface area contributed by atoms with Crippen LogP contribution in [0.4, 0.5) is 11.4 Å². The van der Waals surface area contributed by atoms with Crippen molar-refractivity contribution in [2.45, 2.75) is 13.8 Å². The smallest absolute Gasteiger partial charge is 0.312 e. The Labute approximate surface area is 123 Å². The van der Waals surface area contributed by atoms with Gasteiger partial charge in [-0.15, -0.1) is 0 Å². The van der Waals surface area contributed by atoms with Crippen molar-refractivity contribution in [1.82, 2.24) is 5.32 Å². The zero-order valence-electron chi connectivity index (χ0n) is 12.0. The van der Waals surface area contributed by atoms with Gasteiger partial charge in [-0.3, -0.25) is 10.1 Å². The average Bonchev–Trinajstić information content (AvgIpc) is 2.49. The number of halogens is 1. The zero-order chi connectivity index (χ0) is 15.1. The number of nitro groups is 1. The number of ether oxygens (including phenoxy) is 1. The summed E-state index contributed by atoms with van der Waals surface area (Å²) in [5.41, 5.74) is 0.669. The summed E-state index contributed by atoms with van der Waals surface area (Å²) in [4.78, 5) is 12.5. The van der Waals surface area contributed by atoms with Crippen LogP contribution in [0.3, 0.4) is 0 Å². The van der Waals surface area contributed by atoms with Gasteiger partial charge in [-0.1, -0.05) is 25.4 Å². The fourth-order valence-corrected chi connectivity index (χ4v) is 2.26. The van der Waals surface area contributed by atoms with Crippen molar-refractivity contribution >= 4 is 23.0 Å². The van der Waals surface area contributed by atoms with Crippen LogP contribution in [0.15, 0.2) is 12.1 Å². The zero-order valence-corrected chi connectivity index (χ0v) is 12.7. The van der Waals surface area contributed by atoms with E-state index in [1.54, 1.807) is 6.07 Å². The lowest BCUT2D eigenvalue weighted by molar-refractivity contribution is -0.385. The molecule has 0 amide bonds. The third-order valence-electron chi connectivity index (χ3n) is 2.90. The Bertz CT molecular complexity index is 462. The minimum atomic E-state index is -0.494. The van der Waals surface area contributed by atoms with E-state index in [9.17, 15) is 10.1 Å². The third-order valence-corrected chi connectivity index (χ3v) is 3.21. The number of nitro benzene ring substituents is 1. The number of methoxy groups -OCH3 is 1. The van der Waals surface area contributed by atoms with Crippen molar-refractivity contribution in [3.63, 3.8) is 0 Å². The van der Waals surface area contributed by atoms with Gasteiger partial charge in [-0.25, -0.2) is 0 Å². The maximum Gasteiger partial charge on any atom is 0.312 e.